The van der Waals surface area contributed by atoms with Crippen LogP contribution in [0.3, 0.4) is 0 Å². The summed E-state index contributed by atoms with van der Waals surface area (Å²) in [5.74, 6) is 1.55. The first-order valence-electron chi connectivity index (χ1n) is 9.17. The molecule has 0 spiro atoms. The number of nitrogens with zero attached hydrogens (tertiary/aromatic N) is 3. The Hall–Kier alpha value is -2.71. The first-order chi connectivity index (χ1) is 13.6. The van der Waals surface area contributed by atoms with Crippen LogP contribution >= 0.6 is 0 Å². The molecule has 1 aromatic heterocycles. The summed E-state index contributed by atoms with van der Waals surface area (Å²) < 4.78 is 37.5. The third-order valence-corrected chi connectivity index (χ3v) is 6.74. The van der Waals surface area contributed by atoms with Gasteiger partial charge < -0.3 is 9.26 Å². The van der Waals surface area contributed by atoms with Gasteiger partial charge in [-0.25, -0.2) is 8.42 Å². The molecule has 3 aromatic rings. The summed E-state index contributed by atoms with van der Waals surface area (Å²) in [6, 6.07) is 13.9. The number of sulfonamides is 1. The standard InChI is InChI=1S/C20H21N3O4S/c1-26-17-9-5-16(6-10-17)20-21-19(22-27-20)15-7-11-18(12-8-15)28(24,25)23-13-3-2-4-14-23/h5-12H,2-4,13-14H2,1H3. The molecule has 28 heavy (non-hydrogen) atoms. The fourth-order valence-electron chi connectivity index (χ4n) is 3.22. The van der Waals surface area contributed by atoms with Gasteiger partial charge in [-0.2, -0.15) is 9.29 Å². The van der Waals surface area contributed by atoms with Crippen LogP contribution in [-0.2, 0) is 10.0 Å². The van der Waals surface area contributed by atoms with E-state index in [-0.39, 0.29) is 4.90 Å². The van der Waals surface area contributed by atoms with Gasteiger partial charge in [-0.05, 0) is 61.4 Å². The number of rotatable bonds is 5. The second-order valence-corrected chi connectivity index (χ2v) is 8.58. The van der Waals surface area contributed by atoms with Gasteiger partial charge in [0.2, 0.25) is 15.8 Å². The SMILES string of the molecule is COc1ccc(-c2nc(-c3ccc(S(=O)(=O)N4CCCCC4)cc3)no2)cc1. The van der Waals surface area contributed by atoms with Crippen LogP contribution in [0.1, 0.15) is 19.3 Å². The maximum Gasteiger partial charge on any atom is 0.258 e. The van der Waals surface area contributed by atoms with Gasteiger partial charge in [-0.1, -0.05) is 11.6 Å². The van der Waals surface area contributed by atoms with E-state index in [9.17, 15) is 8.42 Å². The molecule has 0 N–H and O–H groups in total. The van der Waals surface area contributed by atoms with Crippen molar-refractivity contribution in [2.75, 3.05) is 20.2 Å². The monoisotopic (exact) mass is 399 g/mol. The average Bonchev–Trinajstić information content (AvgIpc) is 3.25. The van der Waals surface area contributed by atoms with E-state index < -0.39 is 10.0 Å². The van der Waals surface area contributed by atoms with Crippen LogP contribution < -0.4 is 4.74 Å². The molecule has 1 aliphatic heterocycles. The summed E-state index contributed by atoms with van der Waals surface area (Å²) in [4.78, 5) is 4.70. The van der Waals surface area contributed by atoms with Crippen molar-refractivity contribution in [1.29, 1.82) is 0 Å². The molecule has 0 bridgehead atoms. The molecular formula is C20H21N3O4S. The van der Waals surface area contributed by atoms with Gasteiger partial charge in [0, 0.05) is 24.2 Å². The summed E-state index contributed by atoms with van der Waals surface area (Å²) in [5, 5.41) is 4.01. The highest BCUT2D eigenvalue weighted by atomic mass is 32.2. The van der Waals surface area contributed by atoms with Crippen LogP contribution in [0.15, 0.2) is 57.9 Å². The van der Waals surface area contributed by atoms with Crippen LogP contribution in [0, 0.1) is 0 Å². The summed E-state index contributed by atoms with van der Waals surface area (Å²) in [5.41, 5.74) is 1.48. The van der Waals surface area contributed by atoms with Gasteiger partial charge in [-0.3, -0.25) is 0 Å². The molecule has 0 unspecified atom stereocenters. The molecule has 1 aliphatic rings. The predicted octanol–water partition coefficient (Wildman–Crippen LogP) is 3.59. The second kappa shape index (κ2) is 7.73. The highest BCUT2D eigenvalue weighted by molar-refractivity contribution is 7.89. The highest BCUT2D eigenvalue weighted by Crippen LogP contribution is 2.26. The zero-order chi connectivity index (χ0) is 19.6. The van der Waals surface area contributed by atoms with E-state index >= 15 is 0 Å². The third kappa shape index (κ3) is 3.65. The zero-order valence-electron chi connectivity index (χ0n) is 15.5. The largest absolute Gasteiger partial charge is 0.497 e. The molecule has 2 heterocycles. The van der Waals surface area contributed by atoms with E-state index in [2.05, 4.69) is 10.1 Å². The van der Waals surface area contributed by atoms with E-state index in [1.165, 1.54) is 0 Å². The molecule has 0 amide bonds. The lowest BCUT2D eigenvalue weighted by molar-refractivity contribution is 0.346. The molecule has 0 aliphatic carbocycles. The first kappa shape index (κ1) is 18.6. The lowest BCUT2D eigenvalue weighted by Crippen LogP contribution is -2.35. The van der Waals surface area contributed by atoms with Gasteiger partial charge in [0.25, 0.3) is 5.89 Å². The van der Waals surface area contributed by atoms with Gasteiger partial charge in [0.05, 0.1) is 12.0 Å². The fraction of sp³-hybridized carbons (Fsp3) is 0.300. The Kier molecular flexibility index (Phi) is 5.15. The van der Waals surface area contributed by atoms with Gasteiger partial charge in [0.1, 0.15) is 5.75 Å². The van der Waals surface area contributed by atoms with E-state index in [0.717, 1.165) is 30.6 Å². The van der Waals surface area contributed by atoms with Crippen molar-refractivity contribution in [3.8, 4) is 28.6 Å². The van der Waals surface area contributed by atoms with Crippen LogP contribution in [0.25, 0.3) is 22.8 Å². The minimum atomic E-state index is -3.45. The topological polar surface area (TPSA) is 85.5 Å². The molecular weight excluding hydrogens is 378 g/mol. The lowest BCUT2D eigenvalue weighted by atomic mass is 10.2. The van der Waals surface area contributed by atoms with Crippen molar-refractivity contribution in [2.45, 2.75) is 24.2 Å². The fourth-order valence-corrected chi connectivity index (χ4v) is 4.74. The predicted molar refractivity (Wildman–Crippen MR) is 104 cm³/mol. The molecule has 1 saturated heterocycles. The Morgan fingerprint density at radius 1 is 0.929 bits per heavy atom. The first-order valence-corrected chi connectivity index (χ1v) is 10.6. The van der Waals surface area contributed by atoms with Gasteiger partial charge in [-0.15, -0.1) is 0 Å². The molecule has 0 radical (unpaired) electrons. The summed E-state index contributed by atoms with van der Waals surface area (Å²) in [7, 11) is -1.84. The summed E-state index contributed by atoms with van der Waals surface area (Å²) in [6.07, 6.45) is 2.90. The van der Waals surface area contributed by atoms with Crippen molar-refractivity contribution in [3.63, 3.8) is 0 Å². The molecule has 2 aromatic carbocycles. The average molecular weight is 399 g/mol. The number of hydrogen-bond donors (Lipinski definition) is 0. The van der Waals surface area contributed by atoms with E-state index in [1.807, 2.05) is 24.3 Å². The van der Waals surface area contributed by atoms with Crippen molar-refractivity contribution in [2.24, 2.45) is 0 Å². The lowest BCUT2D eigenvalue weighted by Gasteiger charge is -2.25. The molecule has 4 rings (SSSR count). The number of ether oxygens (including phenoxy) is 1. The number of hydrogen-bond acceptors (Lipinski definition) is 6. The summed E-state index contributed by atoms with van der Waals surface area (Å²) >= 11 is 0. The van der Waals surface area contributed by atoms with Gasteiger partial charge >= 0.3 is 0 Å². The van der Waals surface area contributed by atoms with Crippen LogP contribution in [0.2, 0.25) is 0 Å². The second-order valence-electron chi connectivity index (χ2n) is 6.64. The Balaban J connectivity index is 1.55. The Morgan fingerprint density at radius 3 is 2.21 bits per heavy atom. The third-order valence-electron chi connectivity index (χ3n) is 4.83. The molecule has 1 fully saturated rings. The maximum absolute atomic E-state index is 12.7. The quantitative estimate of drug-likeness (QED) is 0.652. The number of methoxy groups -OCH3 is 1. The highest BCUT2D eigenvalue weighted by Gasteiger charge is 2.25. The number of piperidine rings is 1. The van der Waals surface area contributed by atoms with E-state index in [1.54, 1.807) is 35.7 Å². The number of aromatic nitrogens is 2. The Bertz CT molecular complexity index is 1040. The normalized spacial score (nSPS) is 15.5. The van der Waals surface area contributed by atoms with Crippen molar-refractivity contribution in [3.05, 3.63) is 48.5 Å². The zero-order valence-corrected chi connectivity index (χ0v) is 16.4. The smallest absolute Gasteiger partial charge is 0.258 e. The van der Waals surface area contributed by atoms with Gasteiger partial charge in [0.15, 0.2) is 0 Å². The molecule has 0 atom stereocenters. The minimum absolute atomic E-state index is 0.289. The molecule has 8 heteroatoms. The van der Waals surface area contributed by atoms with Crippen molar-refractivity contribution in [1.82, 2.24) is 14.4 Å². The van der Waals surface area contributed by atoms with E-state index in [4.69, 9.17) is 9.26 Å². The molecule has 7 nitrogen and oxygen atoms in total. The molecule has 0 saturated carbocycles. The molecule has 146 valence electrons. The maximum atomic E-state index is 12.7. The van der Waals surface area contributed by atoms with Crippen molar-refractivity contribution < 1.29 is 17.7 Å². The Morgan fingerprint density at radius 2 is 1.57 bits per heavy atom. The van der Waals surface area contributed by atoms with Crippen molar-refractivity contribution >= 4 is 10.0 Å². The van der Waals surface area contributed by atoms with E-state index in [0.29, 0.717) is 30.4 Å². The van der Waals surface area contributed by atoms with Crippen LogP contribution in [0.5, 0.6) is 5.75 Å². The summed E-state index contributed by atoms with van der Waals surface area (Å²) in [6.45, 7) is 1.17. The minimum Gasteiger partial charge on any atom is -0.497 e. The Labute approximate surface area is 164 Å². The number of benzene rings is 2. The van der Waals surface area contributed by atoms with Crippen LogP contribution in [-0.4, -0.2) is 43.1 Å². The van der Waals surface area contributed by atoms with Crippen LogP contribution in [0.4, 0.5) is 0 Å².